The van der Waals surface area contributed by atoms with Gasteiger partial charge in [-0.1, -0.05) is 0 Å². The van der Waals surface area contributed by atoms with E-state index in [4.69, 9.17) is 4.74 Å². The minimum atomic E-state index is -0.192. The molecule has 0 aliphatic carbocycles. The summed E-state index contributed by atoms with van der Waals surface area (Å²) in [5.74, 6) is 1.11. The summed E-state index contributed by atoms with van der Waals surface area (Å²) in [5, 5.41) is 9.34. The normalized spacial score (nSPS) is 27.1. The number of carbonyl (C=O) groups is 1. The maximum Gasteiger partial charge on any atom is 0.226 e. The zero-order chi connectivity index (χ0) is 13.2. The van der Waals surface area contributed by atoms with Gasteiger partial charge >= 0.3 is 0 Å². The van der Waals surface area contributed by atoms with Crippen molar-refractivity contribution in [3.05, 3.63) is 18.2 Å². The molecule has 3 heterocycles. The highest BCUT2D eigenvalue weighted by atomic mass is 16.5. The van der Waals surface area contributed by atoms with Gasteiger partial charge in [0.15, 0.2) is 0 Å². The molecule has 0 spiro atoms. The molecule has 2 aliphatic rings. The molecular formula is C13H19N3O3. The molecular weight excluding hydrogens is 246 g/mol. The lowest BCUT2D eigenvalue weighted by Gasteiger charge is -2.37. The first-order valence-corrected chi connectivity index (χ1v) is 6.78. The van der Waals surface area contributed by atoms with E-state index >= 15 is 0 Å². The number of hydrogen-bond acceptors (Lipinski definition) is 4. The van der Waals surface area contributed by atoms with E-state index in [1.165, 1.54) is 0 Å². The summed E-state index contributed by atoms with van der Waals surface area (Å²) in [5.41, 5.74) is 0. The van der Waals surface area contributed by atoms with E-state index in [2.05, 4.69) is 9.55 Å². The smallest absolute Gasteiger partial charge is 0.226 e. The zero-order valence-electron chi connectivity index (χ0n) is 10.9. The second-order valence-corrected chi connectivity index (χ2v) is 5.17. The molecule has 0 radical (unpaired) electrons. The largest absolute Gasteiger partial charge is 0.394 e. The number of aryl methyl sites for hydroxylation is 1. The van der Waals surface area contributed by atoms with Crippen LogP contribution in [0.3, 0.4) is 0 Å². The van der Waals surface area contributed by atoms with E-state index in [1.807, 2.05) is 6.20 Å². The van der Waals surface area contributed by atoms with Gasteiger partial charge in [-0.15, -0.1) is 0 Å². The van der Waals surface area contributed by atoms with E-state index in [1.54, 1.807) is 11.1 Å². The molecule has 1 aromatic rings. The van der Waals surface area contributed by atoms with Crippen molar-refractivity contribution in [2.45, 2.75) is 25.4 Å². The van der Waals surface area contributed by atoms with Crippen LogP contribution in [0, 0.1) is 5.92 Å². The molecule has 6 heteroatoms. The van der Waals surface area contributed by atoms with E-state index < -0.39 is 0 Å². The first kappa shape index (κ1) is 12.6. The van der Waals surface area contributed by atoms with Crippen LogP contribution in [-0.2, 0) is 22.5 Å². The third kappa shape index (κ3) is 2.37. The van der Waals surface area contributed by atoms with E-state index in [9.17, 15) is 9.90 Å². The molecule has 2 unspecified atom stereocenters. The molecule has 19 heavy (non-hydrogen) atoms. The van der Waals surface area contributed by atoms with E-state index in [0.29, 0.717) is 26.2 Å². The number of morpholine rings is 1. The van der Waals surface area contributed by atoms with Crippen LogP contribution in [-0.4, -0.2) is 57.9 Å². The lowest BCUT2D eigenvalue weighted by molar-refractivity contribution is -0.146. The Hall–Kier alpha value is -1.40. The first-order chi connectivity index (χ1) is 9.29. The fourth-order valence-electron chi connectivity index (χ4n) is 2.89. The maximum absolute atomic E-state index is 12.6. The van der Waals surface area contributed by atoms with Crippen LogP contribution >= 0.6 is 0 Å². The summed E-state index contributed by atoms with van der Waals surface area (Å²) in [6.07, 6.45) is 5.29. The molecule has 0 bridgehead atoms. The van der Waals surface area contributed by atoms with Gasteiger partial charge < -0.3 is 19.3 Å². The third-order valence-electron chi connectivity index (χ3n) is 4.02. The van der Waals surface area contributed by atoms with Crippen molar-refractivity contribution in [1.82, 2.24) is 14.5 Å². The van der Waals surface area contributed by atoms with Crippen molar-refractivity contribution >= 4 is 5.91 Å². The van der Waals surface area contributed by atoms with Gasteiger partial charge in [-0.3, -0.25) is 4.79 Å². The third-order valence-corrected chi connectivity index (χ3v) is 4.02. The molecule has 104 valence electrons. The minimum Gasteiger partial charge on any atom is -0.394 e. The summed E-state index contributed by atoms with van der Waals surface area (Å²) >= 11 is 0. The number of aromatic nitrogens is 2. The molecule has 1 N–H and O–H groups in total. The van der Waals surface area contributed by atoms with Crippen molar-refractivity contribution in [1.29, 1.82) is 0 Å². The number of aliphatic hydroxyl groups excluding tert-OH is 1. The Kier molecular flexibility index (Phi) is 3.52. The van der Waals surface area contributed by atoms with Gasteiger partial charge in [0.05, 0.1) is 25.9 Å². The van der Waals surface area contributed by atoms with Gasteiger partial charge in [0.2, 0.25) is 5.91 Å². The Balaban J connectivity index is 1.70. The van der Waals surface area contributed by atoms with E-state index in [-0.39, 0.29) is 24.5 Å². The number of nitrogens with zero attached hydrogens (tertiary/aromatic N) is 3. The molecule has 6 nitrogen and oxygen atoms in total. The average molecular weight is 265 g/mol. The van der Waals surface area contributed by atoms with Crippen LogP contribution in [0.2, 0.25) is 0 Å². The molecule has 2 aliphatic heterocycles. The first-order valence-electron chi connectivity index (χ1n) is 6.78. The number of rotatable bonds is 2. The fraction of sp³-hybridized carbons (Fsp3) is 0.692. The van der Waals surface area contributed by atoms with Crippen molar-refractivity contribution < 1.29 is 14.6 Å². The van der Waals surface area contributed by atoms with Crippen molar-refractivity contribution in [2.24, 2.45) is 5.92 Å². The standard InChI is InChI=1S/C13H19N3O3/c17-8-11-9-19-6-5-16(11)13(18)10-1-3-15-4-2-14-12(15)7-10/h2,4,10-11,17H,1,3,5-9H2. The summed E-state index contributed by atoms with van der Waals surface area (Å²) in [7, 11) is 0. The Morgan fingerprint density at radius 1 is 1.53 bits per heavy atom. The lowest BCUT2D eigenvalue weighted by Crippen LogP contribution is -2.53. The topological polar surface area (TPSA) is 67.6 Å². The Bertz CT molecular complexity index is 460. The summed E-state index contributed by atoms with van der Waals surface area (Å²) < 4.78 is 7.42. The van der Waals surface area contributed by atoms with Crippen molar-refractivity contribution in [2.75, 3.05) is 26.4 Å². The van der Waals surface area contributed by atoms with Gasteiger partial charge in [-0.05, 0) is 6.42 Å². The summed E-state index contributed by atoms with van der Waals surface area (Å²) in [6, 6.07) is -0.192. The lowest BCUT2D eigenvalue weighted by atomic mass is 9.95. The zero-order valence-corrected chi connectivity index (χ0v) is 10.9. The second-order valence-electron chi connectivity index (χ2n) is 5.17. The fourth-order valence-corrected chi connectivity index (χ4v) is 2.89. The van der Waals surface area contributed by atoms with Gasteiger partial charge in [0.1, 0.15) is 5.82 Å². The van der Waals surface area contributed by atoms with Crippen LogP contribution in [0.25, 0.3) is 0 Å². The van der Waals surface area contributed by atoms with Crippen LogP contribution in [0.15, 0.2) is 12.4 Å². The number of fused-ring (bicyclic) bond motifs is 1. The Labute approximate surface area is 112 Å². The monoisotopic (exact) mass is 265 g/mol. The molecule has 1 amide bonds. The number of ether oxygens (including phenoxy) is 1. The minimum absolute atomic E-state index is 0.0120. The second kappa shape index (κ2) is 5.30. The predicted molar refractivity (Wildman–Crippen MR) is 67.4 cm³/mol. The SMILES string of the molecule is O=C(C1CCn2ccnc2C1)N1CCOCC1CO. The summed E-state index contributed by atoms with van der Waals surface area (Å²) in [6.45, 7) is 2.38. The Morgan fingerprint density at radius 2 is 2.42 bits per heavy atom. The Morgan fingerprint density at radius 3 is 3.26 bits per heavy atom. The van der Waals surface area contributed by atoms with Gasteiger partial charge in [0.25, 0.3) is 0 Å². The van der Waals surface area contributed by atoms with Crippen LogP contribution in [0.5, 0.6) is 0 Å². The van der Waals surface area contributed by atoms with E-state index in [0.717, 1.165) is 18.8 Å². The number of imidazole rings is 1. The van der Waals surface area contributed by atoms with Gasteiger partial charge in [0, 0.05) is 37.8 Å². The number of hydrogen-bond donors (Lipinski definition) is 1. The number of carbonyl (C=O) groups excluding carboxylic acids is 1. The number of aliphatic hydroxyl groups is 1. The molecule has 3 rings (SSSR count). The molecule has 1 saturated heterocycles. The molecule has 1 fully saturated rings. The van der Waals surface area contributed by atoms with Gasteiger partial charge in [-0.2, -0.15) is 0 Å². The average Bonchev–Trinajstić information content (AvgIpc) is 2.93. The highest BCUT2D eigenvalue weighted by molar-refractivity contribution is 5.79. The molecule has 2 atom stereocenters. The molecule has 1 aromatic heterocycles. The maximum atomic E-state index is 12.6. The highest BCUT2D eigenvalue weighted by Gasteiger charge is 2.33. The predicted octanol–water partition coefficient (Wildman–Crippen LogP) is -0.335. The molecule has 0 saturated carbocycles. The van der Waals surface area contributed by atoms with Crippen LogP contribution in [0.1, 0.15) is 12.2 Å². The van der Waals surface area contributed by atoms with Crippen LogP contribution in [0.4, 0.5) is 0 Å². The molecule has 0 aromatic carbocycles. The number of amides is 1. The van der Waals surface area contributed by atoms with Gasteiger partial charge in [-0.25, -0.2) is 4.98 Å². The van der Waals surface area contributed by atoms with Crippen LogP contribution < -0.4 is 0 Å². The van der Waals surface area contributed by atoms with Crippen molar-refractivity contribution in [3.8, 4) is 0 Å². The van der Waals surface area contributed by atoms with Crippen molar-refractivity contribution in [3.63, 3.8) is 0 Å². The highest BCUT2D eigenvalue weighted by Crippen LogP contribution is 2.22. The quantitative estimate of drug-likeness (QED) is 0.795. The summed E-state index contributed by atoms with van der Waals surface area (Å²) in [4.78, 5) is 18.7.